The Morgan fingerprint density at radius 3 is 2.57 bits per heavy atom. The van der Waals surface area contributed by atoms with E-state index in [-0.39, 0.29) is 12.3 Å². The highest BCUT2D eigenvalue weighted by Crippen LogP contribution is 2.39. The maximum absolute atomic E-state index is 12.2. The van der Waals surface area contributed by atoms with Crippen LogP contribution >= 0.6 is 11.3 Å². The van der Waals surface area contributed by atoms with E-state index in [0.717, 1.165) is 25.7 Å². The van der Waals surface area contributed by atoms with Gasteiger partial charge in [-0.2, -0.15) is 5.26 Å². The molecule has 0 aromatic carbocycles. The first-order valence-electron chi connectivity index (χ1n) is 7.08. The van der Waals surface area contributed by atoms with Crippen LogP contribution < -0.4 is 5.32 Å². The number of aliphatic carboxylic acids is 1. The van der Waals surface area contributed by atoms with Crippen molar-refractivity contribution in [2.24, 2.45) is 5.41 Å². The van der Waals surface area contributed by atoms with Crippen molar-refractivity contribution in [2.75, 3.05) is 5.32 Å². The molecule has 2 N–H and O–H groups in total. The van der Waals surface area contributed by atoms with E-state index in [9.17, 15) is 14.7 Å². The highest BCUT2D eigenvalue weighted by Gasteiger charge is 2.40. The fourth-order valence-electron chi connectivity index (χ4n) is 2.84. The molecule has 21 heavy (non-hydrogen) atoms. The van der Waals surface area contributed by atoms with Gasteiger partial charge in [-0.3, -0.25) is 9.59 Å². The predicted molar refractivity (Wildman–Crippen MR) is 80.1 cm³/mol. The lowest BCUT2D eigenvalue weighted by Gasteiger charge is -2.27. The molecule has 0 spiro atoms. The first-order chi connectivity index (χ1) is 10.1. The van der Waals surface area contributed by atoms with Crippen LogP contribution in [0.4, 0.5) is 5.00 Å². The number of nitriles is 1. The van der Waals surface area contributed by atoms with E-state index in [0.29, 0.717) is 23.4 Å². The van der Waals surface area contributed by atoms with Crippen molar-refractivity contribution in [1.29, 1.82) is 5.26 Å². The number of carbonyl (C=O) groups is 2. The highest BCUT2D eigenvalue weighted by atomic mass is 32.1. The topological polar surface area (TPSA) is 90.2 Å². The van der Waals surface area contributed by atoms with Gasteiger partial charge in [0.2, 0.25) is 5.91 Å². The second kappa shape index (κ2) is 6.72. The number of anilines is 1. The highest BCUT2D eigenvalue weighted by molar-refractivity contribution is 7.14. The Kier molecular flexibility index (Phi) is 4.97. The van der Waals surface area contributed by atoms with Crippen LogP contribution in [0.3, 0.4) is 0 Å². The van der Waals surface area contributed by atoms with E-state index in [2.05, 4.69) is 5.32 Å². The van der Waals surface area contributed by atoms with E-state index < -0.39 is 11.4 Å². The SMILES string of the molecule is N#Cc1ccsc1NC(=O)CC1(C(=O)O)CCCCCC1. The standard InChI is InChI=1S/C15H18N2O3S/c16-10-11-5-8-21-13(11)17-12(18)9-15(14(19)20)6-3-1-2-4-7-15/h5,8H,1-4,6-7,9H2,(H,17,18)(H,19,20). The summed E-state index contributed by atoms with van der Waals surface area (Å²) in [7, 11) is 0. The summed E-state index contributed by atoms with van der Waals surface area (Å²) in [6, 6.07) is 3.64. The Bertz CT molecular complexity index is 566. The van der Waals surface area contributed by atoms with E-state index in [1.165, 1.54) is 11.3 Å². The molecule has 112 valence electrons. The normalized spacial score (nSPS) is 17.5. The summed E-state index contributed by atoms with van der Waals surface area (Å²) in [4.78, 5) is 23.9. The molecule has 1 fully saturated rings. The zero-order valence-corrected chi connectivity index (χ0v) is 12.5. The Morgan fingerprint density at radius 2 is 2.00 bits per heavy atom. The lowest BCUT2D eigenvalue weighted by Crippen LogP contribution is -2.35. The molecular formula is C15H18N2O3S. The van der Waals surface area contributed by atoms with Gasteiger partial charge >= 0.3 is 5.97 Å². The minimum absolute atomic E-state index is 0.0227. The lowest BCUT2D eigenvalue weighted by atomic mass is 9.77. The zero-order valence-electron chi connectivity index (χ0n) is 11.7. The number of hydrogen-bond acceptors (Lipinski definition) is 4. The third kappa shape index (κ3) is 3.61. The van der Waals surface area contributed by atoms with Crippen LogP contribution in [-0.4, -0.2) is 17.0 Å². The number of amides is 1. The zero-order chi connectivity index (χ0) is 15.3. The molecule has 5 nitrogen and oxygen atoms in total. The first-order valence-corrected chi connectivity index (χ1v) is 7.96. The molecule has 0 saturated heterocycles. The monoisotopic (exact) mass is 306 g/mol. The maximum atomic E-state index is 12.2. The van der Waals surface area contributed by atoms with E-state index in [4.69, 9.17) is 5.26 Å². The molecule has 2 rings (SSSR count). The molecule has 1 saturated carbocycles. The summed E-state index contributed by atoms with van der Waals surface area (Å²) in [6.07, 6.45) is 4.83. The van der Waals surface area contributed by atoms with Crippen molar-refractivity contribution in [2.45, 2.75) is 44.9 Å². The minimum Gasteiger partial charge on any atom is -0.481 e. The van der Waals surface area contributed by atoms with Crippen molar-refractivity contribution in [3.8, 4) is 6.07 Å². The van der Waals surface area contributed by atoms with Gasteiger partial charge in [-0.25, -0.2) is 0 Å². The average molecular weight is 306 g/mol. The molecule has 6 heteroatoms. The van der Waals surface area contributed by atoms with Crippen molar-refractivity contribution in [1.82, 2.24) is 0 Å². The van der Waals surface area contributed by atoms with Crippen molar-refractivity contribution < 1.29 is 14.7 Å². The second-order valence-corrected chi connectivity index (χ2v) is 6.42. The van der Waals surface area contributed by atoms with E-state index >= 15 is 0 Å². The fraction of sp³-hybridized carbons (Fsp3) is 0.533. The van der Waals surface area contributed by atoms with Gasteiger partial charge in [-0.1, -0.05) is 25.7 Å². The van der Waals surface area contributed by atoms with Crippen LogP contribution in [0.2, 0.25) is 0 Å². The van der Waals surface area contributed by atoms with Crippen molar-refractivity contribution >= 4 is 28.2 Å². The summed E-state index contributed by atoms with van der Waals surface area (Å²) >= 11 is 1.27. The summed E-state index contributed by atoms with van der Waals surface area (Å²) in [6.45, 7) is 0. The number of carbonyl (C=O) groups excluding carboxylic acids is 1. The van der Waals surface area contributed by atoms with Crippen LogP contribution in [-0.2, 0) is 9.59 Å². The van der Waals surface area contributed by atoms with Crippen molar-refractivity contribution in [3.63, 3.8) is 0 Å². The van der Waals surface area contributed by atoms with Crippen LogP contribution in [0.15, 0.2) is 11.4 Å². The number of carboxylic acid groups (broad SMARTS) is 1. The van der Waals surface area contributed by atoms with E-state index in [1.807, 2.05) is 6.07 Å². The smallest absolute Gasteiger partial charge is 0.310 e. The molecule has 1 heterocycles. The van der Waals surface area contributed by atoms with Gasteiger partial charge in [0.25, 0.3) is 0 Å². The lowest BCUT2D eigenvalue weighted by molar-refractivity contribution is -0.152. The summed E-state index contributed by atoms with van der Waals surface area (Å²) in [5.41, 5.74) is -0.538. The van der Waals surface area contributed by atoms with E-state index in [1.54, 1.807) is 11.4 Å². The van der Waals surface area contributed by atoms with Gasteiger partial charge in [0.15, 0.2) is 0 Å². The molecule has 1 aromatic rings. The van der Waals surface area contributed by atoms with Gasteiger partial charge in [0, 0.05) is 6.42 Å². The number of carboxylic acids is 1. The predicted octanol–water partition coefficient (Wildman–Crippen LogP) is 3.37. The largest absolute Gasteiger partial charge is 0.481 e. The maximum Gasteiger partial charge on any atom is 0.310 e. The third-order valence-corrected chi connectivity index (χ3v) is 4.88. The molecule has 0 unspecified atom stereocenters. The number of hydrogen-bond donors (Lipinski definition) is 2. The fourth-order valence-corrected chi connectivity index (χ4v) is 3.60. The van der Waals surface area contributed by atoms with Gasteiger partial charge in [-0.15, -0.1) is 11.3 Å². The minimum atomic E-state index is -0.954. The van der Waals surface area contributed by atoms with Crippen LogP contribution in [0.1, 0.15) is 50.5 Å². The Hall–Kier alpha value is -1.87. The van der Waals surface area contributed by atoms with Crippen LogP contribution in [0.5, 0.6) is 0 Å². The van der Waals surface area contributed by atoms with Gasteiger partial charge < -0.3 is 10.4 Å². The quantitative estimate of drug-likeness (QED) is 0.834. The molecule has 1 amide bonds. The molecule has 0 aliphatic heterocycles. The molecule has 1 aliphatic carbocycles. The number of nitrogens with one attached hydrogen (secondary N) is 1. The van der Waals surface area contributed by atoms with Crippen LogP contribution in [0, 0.1) is 16.7 Å². The summed E-state index contributed by atoms with van der Waals surface area (Å²) in [5.74, 6) is -1.20. The summed E-state index contributed by atoms with van der Waals surface area (Å²) in [5, 5.41) is 23.4. The molecule has 0 radical (unpaired) electrons. The van der Waals surface area contributed by atoms with Gasteiger partial charge in [0.1, 0.15) is 11.1 Å². The first kappa shape index (κ1) is 15.5. The Labute approximate surface area is 127 Å². The van der Waals surface area contributed by atoms with Gasteiger partial charge in [-0.05, 0) is 24.3 Å². The number of nitrogens with zero attached hydrogens (tertiary/aromatic N) is 1. The number of rotatable bonds is 4. The van der Waals surface area contributed by atoms with Crippen LogP contribution in [0.25, 0.3) is 0 Å². The molecule has 1 aliphatic rings. The van der Waals surface area contributed by atoms with Gasteiger partial charge in [0.05, 0.1) is 11.0 Å². The molecule has 0 bridgehead atoms. The molecule has 0 atom stereocenters. The molecular weight excluding hydrogens is 288 g/mol. The third-order valence-electron chi connectivity index (χ3n) is 4.05. The second-order valence-electron chi connectivity index (χ2n) is 5.50. The average Bonchev–Trinajstić information content (AvgIpc) is 2.74. The summed E-state index contributed by atoms with van der Waals surface area (Å²) < 4.78 is 0. The number of thiophene rings is 1. The van der Waals surface area contributed by atoms with Crippen molar-refractivity contribution in [3.05, 3.63) is 17.0 Å². The Balaban J connectivity index is 2.08. The molecule has 1 aromatic heterocycles. The Morgan fingerprint density at radius 1 is 1.33 bits per heavy atom.